The van der Waals surface area contributed by atoms with Crippen molar-refractivity contribution in [3.63, 3.8) is 0 Å². The van der Waals surface area contributed by atoms with Gasteiger partial charge in [-0.05, 0) is 42.1 Å². The summed E-state index contributed by atoms with van der Waals surface area (Å²) < 4.78 is 10.6. The van der Waals surface area contributed by atoms with Crippen molar-refractivity contribution in [2.24, 2.45) is 5.10 Å². The Morgan fingerprint density at radius 1 is 1.03 bits per heavy atom. The number of methoxy groups -OCH3 is 2. The second-order valence-electron chi connectivity index (χ2n) is 7.09. The number of amides is 2. The first-order valence-electron chi connectivity index (χ1n) is 9.98. The van der Waals surface area contributed by atoms with Crippen LogP contribution in [-0.2, 0) is 4.79 Å². The second kappa shape index (κ2) is 8.47. The molecule has 158 valence electrons. The molecule has 1 N–H and O–H groups in total. The van der Waals surface area contributed by atoms with Crippen LogP contribution in [-0.4, -0.2) is 38.3 Å². The Labute approximate surface area is 180 Å². The molecule has 0 aromatic heterocycles. The lowest BCUT2D eigenvalue weighted by Gasteiger charge is -2.16. The number of hydrogen-bond acceptors (Lipinski definition) is 5. The van der Waals surface area contributed by atoms with Crippen LogP contribution in [0.1, 0.15) is 29.3 Å². The van der Waals surface area contributed by atoms with Crippen molar-refractivity contribution in [3.05, 3.63) is 65.7 Å². The quantitative estimate of drug-likeness (QED) is 0.469. The molecule has 0 saturated heterocycles. The van der Waals surface area contributed by atoms with Crippen LogP contribution in [0.2, 0.25) is 0 Å². The van der Waals surface area contributed by atoms with Gasteiger partial charge in [-0.3, -0.25) is 14.5 Å². The highest BCUT2D eigenvalue weighted by atomic mass is 16.5. The number of carbonyl (C=O) groups excluding carboxylic acids is 2. The van der Waals surface area contributed by atoms with Gasteiger partial charge >= 0.3 is 0 Å². The average Bonchev–Trinajstić information content (AvgIpc) is 3.07. The number of anilines is 1. The summed E-state index contributed by atoms with van der Waals surface area (Å²) in [6.07, 6.45) is 0.600. The van der Waals surface area contributed by atoms with Crippen LogP contribution >= 0.6 is 0 Å². The molecule has 2 amide bonds. The van der Waals surface area contributed by atoms with Gasteiger partial charge in [-0.25, -0.2) is 5.43 Å². The zero-order chi connectivity index (χ0) is 22.0. The highest BCUT2D eigenvalue weighted by Crippen LogP contribution is 2.36. The van der Waals surface area contributed by atoms with Gasteiger partial charge in [0, 0.05) is 16.5 Å². The van der Waals surface area contributed by atoms with Crippen molar-refractivity contribution in [2.45, 2.75) is 13.3 Å². The van der Waals surface area contributed by atoms with Crippen LogP contribution < -0.4 is 19.8 Å². The molecule has 0 saturated carbocycles. The number of rotatable bonds is 7. The normalized spacial score (nSPS) is 12.9. The van der Waals surface area contributed by atoms with Crippen molar-refractivity contribution < 1.29 is 19.1 Å². The summed E-state index contributed by atoms with van der Waals surface area (Å²) in [5.74, 6) is 0.652. The first-order valence-corrected chi connectivity index (χ1v) is 9.98. The van der Waals surface area contributed by atoms with Gasteiger partial charge in [-0.15, -0.1) is 0 Å². The number of carbonyl (C=O) groups is 2. The van der Waals surface area contributed by atoms with E-state index in [1.54, 1.807) is 26.4 Å². The van der Waals surface area contributed by atoms with Gasteiger partial charge in [-0.1, -0.05) is 31.2 Å². The zero-order valence-corrected chi connectivity index (χ0v) is 17.6. The molecule has 0 spiro atoms. The molecule has 7 nitrogen and oxygen atoms in total. The number of benzene rings is 3. The fourth-order valence-corrected chi connectivity index (χ4v) is 3.81. The Kier molecular flexibility index (Phi) is 5.58. The molecule has 0 unspecified atom stereocenters. The summed E-state index contributed by atoms with van der Waals surface area (Å²) in [5.41, 5.74) is 5.45. The molecular formula is C24H23N3O4. The van der Waals surface area contributed by atoms with E-state index in [4.69, 9.17) is 9.47 Å². The third kappa shape index (κ3) is 3.70. The van der Waals surface area contributed by atoms with Crippen LogP contribution in [0.4, 0.5) is 5.69 Å². The van der Waals surface area contributed by atoms with Crippen molar-refractivity contribution in [1.82, 2.24) is 5.43 Å². The number of nitrogens with zero attached hydrogens (tertiary/aromatic N) is 2. The van der Waals surface area contributed by atoms with E-state index in [2.05, 4.69) is 10.5 Å². The van der Waals surface area contributed by atoms with Gasteiger partial charge in [0.1, 0.15) is 6.54 Å². The van der Waals surface area contributed by atoms with E-state index in [9.17, 15) is 9.59 Å². The Bertz CT molecular complexity index is 1200. The van der Waals surface area contributed by atoms with E-state index >= 15 is 0 Å². The Balaban J connectivity index is 1.52. The van der Waals surface area contributed by atoms with Crippen LogP contribution in [0.5, 0.6) is 11.5 Å². The molecule has 31 heavy (non-hydrogen) atoms. The molecule has 0 bridgehead atoms. The zero-order valence-electron chi connectivity index (χ0n) is 17.6. The minimum absolute atomic E-state index is 0.112. The largest absolute Gasteiger partial charge is 0.493 e. The molecule has 1 aliphatic heterocycles. The van der Waals surface area contributed by atoms with Crippen molar-refractivity contribution in [2.75, 3.05) is 25.7 Å². The first-order chi connectivity index (χ1) is 15.1. The fraction of sp³-hybridized carbons (Fsp3) is 0.208. The van der Waals surface area contributed by atoms with Crippen LogP contribution in [0, 0.1) is 0 Å². The SMILES string of the molecule is CC/C(=N\NC(=O)CN1C(=O)c2cccc3cccc1c23)c1ccc(OC)c(OC)c1. The predicted octanol–water partition coefficient (Wildman–Crippen LogP) is 3.75. The molecule has 3 aromatic rings. The molecular weight excluding hydrogens is 394 g/mol. The van der Waals surface area contributed by atoms with E-state index in [0.29, 0.717) is 29.2 Å². The summed E-state index contributed by atoms with van der Waals surface area (Å²) >= 11 is 0. The lowest BCUT2D eigenvalue weighted by molar-refractivity contribution is -0.119. The Morgan fingerprint density at radius 3 is 2.48 bits per heavy atom. The first kappa shape index (κ1) is 20.4. The summed E-state index contributed by atoms with van der Waals surface area (Å²) in [4.78, 5) is 27.0. The Morgan fingerprint density at radius 2 is 1.77 bits per heavy atom. The number of hydrazone groups is 1. The van der Waals surface area contributed by atoms with Gasteiger partial charge in [0.25, 0.3) is 11.8 Å². The molecule has 0 radical (unpaired) electrons. The van der Waals surface area contributed by atoms with Crippen molar-refractivity contribution in [3.8, 4) is 11.5 Å². The van der Waals surface area contributed by atoms with E-state index in [1.165, 1.54) is 4.90 Å². The van der Waals surface area contributed by atoms with Gasteiger partial charge in [-0.2, -0.15) is 5.10 Å². The van der Waals surface area contributed by atoms with Crippen LogP contribution in [0.25, 0.3) is 10.8 Å². The molecule has 7 heteroatoms. The van der Waals surface area contributed by atoms with Crippen molar-refractivity contribution in [1.29, 1.82) is 0 Å². The van der Waals surface area contributed by atoms with E-state index < -0.39 is 0 Å². The Hall–Kier alpha value is -3.87. The lowest BCUT2D eigenvalue weighted by Crippen LogP contribution is -2.37. The highest BCUT2D eigenvalue weighted by Gasteiger charge is 2.30. The summed E-state index contributed by atoms with van der Waals surface area (Å²) in [6.45, 7) is 1.84. The monoisotopic (exact) mass is 417 g/mol. The minimum Gasteiger partial charge on any atom is -0.493 e. The van der Waals surface area contributed by atoms with Crippen LogP contribution in [0.15, 0.2) is 59.7 Å². The third-order valence-corrected chi connectivity index (χ3v) is 5.32. The molecule has 0 atom stereocenters. The second-order valence-corrected chi connectivity index (χ2v) is 7.09. The maximum Gasteiger partial charge on any atom is 0.260 e. The van der Waals surface area contributed by atoms with Gasteiger partial charge in [0.05, 0.1) is 25.6 Å². The van der Waals surface area contributed by atoms with Gasteiger partial charge in [0.15, 0.2) is 11.5 Å². The standard InChI is InChI=1S/C24H23N3O4/c1-4-18(16-11-12-20(30-2)21(13-16)31-3)25-26-22(28)14-27-19-10-6-8-15-7-5-9-17(23(15)19)24(27)29/h5-13H,4,14H2,1-3H3,(H,26,28)/b25-18+. The predicted molar refractivity (Wildman–Crippen MR) is 120 cm³/mol. The molecule has 4 rings (SSSR count). The minimum atomic E-state index is -0.371. The van der Waals surface area contributed by atoms with E-state index in [1.807, 2.05) is 49.4 Å². The maximum atomic E-state index is 12.8. The van der Waals surface area contributed by atoms with Crippen LogP contribution in [0.3, 0.4) is 0 Å². The number of hydrogen-bond donors (Lipinski definition) is 1. The molecule has 1 aliphatic rings. The van der Waals surface area contributed by atoms with Gasteiger partial charge < -0.3 is 9.47 Å². The topological polar surface area (TPSA) is 80.2 Å². The maximum absolute atomic E-state index is 12.8. The lowest BCUT2D eigenvalue weighted by atomic mass is 10.1. The smallest absolute Gasteiger partial charge is 0.260 e. The van der Waals surface area contributed by atoms with E-state index in [-0.39, 0.29) is 18.4 Å². The third-order valence-electron chi connectivity index (χ3n) is 5.32. The van der Waals surface area contributed by atoms with Gasteiger partial charge in [0.2, 0.25) is 0 Å². The molecule has 3 aromatic carbocycles. The fourth-order valence-electron chi connectivity index (χ4n) is 3.81. The molecule has 1 heterocycles. The summed E-state index contributed by atoms with van der Waals surface area (Å²) in [7, 11) is 3.14. The summed E-state index contributed by atoms with van der Waals surface area (Å²) in [5, 5.41) is 6.15. The average molecular weight is 417 g/mol. The molecule has 0 fully saturated rings. The van der Waals surface area contributed by atoms with Crippen molar-refractivity contribution >= 4 is 34.0 Å². The molecule has 0 aliphatic carbocycles. The highest BCUT2D eigenvalue weighted by molar-refractivity contribution is 6.26. The summed E-state index contributed by atoms with van der Waals surface area (Å²) in [6, 6.07) is 16.8. The van der Waals surface area contributed by atoms with E-state index in [0.717, 1.165) is 22.0 Å². The number of nitrogens with one attached hydrogen (secondary N) is 1. The number of ether oxygens (including phenoxy) is 2.